The zero-order valence-electron chi connectivity index (χ0n) is 11.9. The number of aliphatic carboxylic acids is 1. The van der Waals surface area contributed by atoms with Gasteiger partial charge in [0.05, 0.1) is 19.1 Å². The Morgan fingerprint density at radius 3 is 2.57 bits per heavy atom. The van der Waals surface area contributed by atoms with Crippen LogP contribution < -0.4 is 4.74 Å². The molecule has 1 unspecified atom stereocenters. The van der Waals surface area contributed by atoms with Crippen molar-refractivity contribution in [3.8, 4) is 5.75 Å². The lowest BCUT2D eigenvalue weighted by molar-refractivity contribution is -0.148. The molecule has 6 nitrogen and oxygen atoms in total. The van der Waals surface area contributed by atoms with E-state index in [-0.39, 0.29) is 25.3 Å². The Labute approximate surface area is 122 Å². The topological polar surface area (TPSA) is 87.1 Å². The average molecular weight is 293 g/mol. The number of likely N-dealkylation sites (tertiary alicyclic amines) is 1. The third-order valence-corrected chi connectivity index (χ3v) is 3.47. The number of carbonyl (C=O) groups is 2. The van der Waals surface area contributed by atoms with Gasteiger partial charge in [-0.3, -0.25) is 4.79 Å². The molecule has 0 spiro atoms. The van der Waals surface area contributed by atoms with Crippen molar-refractivity contribution >= 4 is 11.9 Å². The van der Waals surface area contributed by atoms with Gasteiger partial charge in [0.2, 0.25) is 5.91 Å². The minimum atomic E-state index is -1.08. The molecule has 6 heteroatoms. The molecule has 0 saturated carbocycles. The van der Waals surface area contributed by atoms with Gasteiger partial charge in [0.15, 0.2) is 0 Å². The van der Waals surface area contributed by atoms with Crippen LogP contribution in [0.2, 0.25) is 0 Å². The normalized spacial score (nSPS) is 21.3. The Hall–Kier alpha value is -2.08. The van der Waals surface area contributed by atoms with Gasteiger partial charge in [-0.15, -0.1) is 0 Å². The van der Waals surface area contributed by atoms with Crippen LogP contribution in [-0.2, 0) is 16.0 Å². The number of nitrogens with zero attached hydrogens (tertiary/aromatic N) is 1. The van der Waals surface area contributed by atoms with E-state index in [2.05, 4.69) is 0 Å². The first-order valence-electron chi connectivity index (χ1n) is 6.93. The smallest absolute Gasteiger partial charge is 0.326 e. The molecule has 0 aliphatic carbocycles. The fraction of sp³-hybridized carbons (Fsp3) is 0.467. The zero-order chi connectivity index (χ0) is 15.4. The van der Waals surface area contributed by atoms with E-state index in [1.807, 2.05) is 6.92 Å². The molecule has 114 valence electrons. The lowest BCUT2D eigenvalue weighted by Gasteiger charge is -2.21. The summed E-state index contributed by atoms with van der Waals surface area (Å²) >= 11 is 0. The molecule has 1 heterocycles. The summed E-state index contributed by atoms with van der Waals surface area (Å²) in [6.45, 7) is 2.54. The van der Waals surface area contributed by atoms with E-state index in [0.717, 1.165) is 11.3 Å². The molecule has 1 saturated heterocycles. The van der Waals surface area contributed by atoms with E-state index in [1.165, 1.54) is 4.90 Å². The summed E-state index contributed by atoms with van der Waals surface area (Å²) in [5.74, 6) is -0.636. The molecule has 1 fully saturated rings. The van der Waals surface area contributed by atoms with E-state index in [9.17, 15) is 14.7 Å². The first kappa shape index (κ1) is 15.3. The van der Waals surface area contributed by atoms with Gasteiger partial charge in [-0.2, -0.15) is 0 Å². The number of carbonyl (C=O) groups excluding carboxylic acids is 1. The molecule has 2 rings (SSSR count). The van der Waals surface area contributed by atoms with Gasteiger partial charge in [0.25, 0.3) is 0 Å². The van der Waals surface area contributed by atoms with Crippen LogP contribution in [0.5, 0.6) is 5.75 Å². The summed E-state index contributed by atoms with van der Waals surface area (Å²) in [5, 5.41) is 18.6. The fourth-order valence-corrected chi connectivity index (χ4v) is 2.47. The van der Waals surface area contributed by atoms with Crippen molar-refractivity contribution in [3.63, 3.8) is 0 Å². The Morgan fingerprint density at radius 1 is 1.33 bits per heavy atom. The number of hydrogen-bond donors (Lipinski definition) is 2. The highest BCUT2D eigenvalue weighted by Crippen LogP contribution is 2.20. The summed E-state index contributed by atoms with van der Waals surface area (Å²) in [6.07, 6.45) is -0.567. The Bertz CT molecular complexity index is 513. The standard InChI is InChI=1S/C15H19NO5/c1-2-21-12-5-3-10(4-6-12)7-14(18)16-9-11(17)8-13(16)15(19)20/h3-6,11,13,17H,2,7-9H2,1H3,(H,19,20)/t11?,13-/m0/s1. The maximum atomic E-state index is 12.2. The number of hydrogen-bond acceptors (Lipinski definition) is 4. The SMILES string of the molecule is CCOc1ccc(CC(=O)N2CC(O)C[C@H]2C(=O)O)cc1. The maximum absolute atomic E-state index is 12.2. The van der Waals surface area contributed by atoms with Crippen LogP contribution in [0.1, 0.15) is 18.9 Å². The van der Waals surface area contributed by atoms with E-state index in [0.29, 0.717) is 6.61 Å². The van der Waals surface area contributed by atoms with Crippen LogP contribution in [0.25, 0.3) is 0 Å². The van der Waals surface area contributed by atoms with Crippen LogP contribution >= 0.6 is 0 Å². The van der Waals surface area contributed by atoms with Gasteiger partial charge in [-0.05, 0) is 24.6 Å². The molecule has 1 aliphatic heterocycles. The van der Waals surface area contributed by atoms with E-state index < -0.39 is 18.1 Å². The number of aliphatic hydroxyl groups excluding tert-OH is 1. The molecule has 0 aromatic heterocycles. The highest BCUT2D eigenvalue weighted by molar-refractivity contribution is 5.85. The van der Waals surface area contributed by atoms with E-state index >= 15 is 0 Å². The van der Waals surface area contributed by atoms with Crippen molar-refractivity contribution in [2.24, 2.45) is 0 Å². The van der Waals surface area contributed by atoms with Gasteiger partial charge in [-0.25, -0.2) is 4.79 Å². The third kappa shape index (κ3) is 3.72. The molecule has 1 amide bonds. The number of carboxylic acid groups (broad SMARTS) is 1. The Morgan fingerprint density at radius 2 is 2.00 bits per heavy atom. The lowest BCUT2D eigenvalue weighted by atomic mass is 10.1. The minimum absolute atomic E-state index is 0.0762. The van der Waals surface area contributed by atoms with Gasteiger partial charge < -0.3 is 19.8 Å². The number of benzene rings is 1. The van der Waals surface area contributed by atoms with Crippen LogP contribution in [-0.4, -0.2) is 52.3 Å². The maximum Gasteiger partial charge on any atom is 0.326 e. The summed E-state index contributed by atoms with van der Waals surface area (Å²) in [5.41, 5.74) is 0.786. The number of carboxylic acids is 1. The molecule has 2 atom stereocenters. The summed E-state index contributed by atoms with van der Waals surface area (Å²) < 4.78 is 5.32. The van der Waals surface area contributed by atoms with Crippen molar-refractivity contribution in [2.75, 3.05) is 13.2 Å². The molecule has 1 aromatic rings. The van der Waals surface area contributed by atoms with Gasteiger partial charge in [0, 0.05) is 13.0 Å². The monoisotopic (exact) mass is 293 g/mol. The third-order valence-electron chi connectivity index (χ3n) is 3.47. The van der Waals surface area contributed by atoms with E-state index in [1.54, 1.807) is 24.3 Å². The van der Waals surface area contributed by atoms with Crippen molar-refractivity contribution in [2.45, 2.75) is 31.9 Å². The Kier molecular flexibility index (Phi) is 4.80. The van der Waals surface area contributed by atoms with Crippen molar-refractivity contribution in [1.82, 2.24) is 4.90 Å². The average Bonchev–Trinajstić information content (AvgIpc) is 2.84. The number of β-amino-alcohol motifs (C(OH)–C–C–N with tert-alkyl or cyclic N) is 1. The van der Waals surface area contributed by atoms with Crippen molar-refractivity contribution < 1.29 is 24.5 Å². The highest BCUT2D eigenvalue weighted by atomic mass is 16.5. The van der Waals surface area contributed by atoms with Crippen LogP contribution in [0.15, 0.2) is 24.3 Å². The second-order valence-corrected chi connectivity index (χ2v) is 5.04. The summed E-state index contributed by atoms with van der Waals surface area (Å²) in [6, 6.07) is 6.19. The molecular weight excluding hydrogens is 274 g/mol. The van der Waals surface area contributed by atoms with Gasteiger partial charge in [-0.1, -0.05) is 12.1 Å². The molecule has 0 radical (unpaired) electrons. The highest BCUT2D eigenvalue weighted by Gasteiger charge is 2.38. The predicted octanol–water partition coefficient (Wildman–Crippen LogP) is 0.674. The quantitative estimate of drug-likeness (QED) is 0.833. The molecule has 2 N–H and O–H groups in total. The number of ether oxygens (including phenoxy) is 1. The van der Waals surface area contributed by atoms with Gasteiger partial charge >= 0.3 is 5.97 Å². The number of aliphatic hydroxyl groups is 1. The van der Waals surface area contributed by atoms with Crippen LogP contribution in [0.3, 0.4) is 0 Å². The first-order valence-corrected chi connectivity index (χ1v) is 6.93. The van der Waals surface area contributed by atoms with Crippen molar-refractivity contribution in [3.05, 3.63) is 29.8 Å². The second-order valence-electron chi connectivity index (χ2n) is 5.04. The largest absolute Gasteiger partial charge is 0.494 e. The summed E-state index contributed by atoms with van der Waals surface area (Å²) in [7, 11) is 0. The number of amides is 1. The number of rotatable bonds is 5. The second kappa shape index (κ2) is 6.58. The molecule has 1 aromatic carbocycles. The fourth-order valence-electron chi connectivity index (χ4n) is 2.47. The summed E-state index contributed by atoms with van der Waals surface area (Å²) in [4.78, 5) is 24.6. The first-order chi connectivity index (χ1) is 10.0. The molecule has 1 aliphatic rings. The minimum Gasteiger partial charge on any atom is -0.494 e. The molecule has 21 heavy (non-hydrogen) atoms. The Balaban J connectivity index is 2.01. The zero-order valence-corrected chi connectivity index (χ0v) is 11.9. The van der Waals surface area contributed by atoms with Crippen molar-refractivity contribution in [1.29, 1.82) is 0 Å². The molecular formula is C15H19NO5. The lowest BCUT2D eigenvalue weighted by Crippen LogP contribution is -2.41. The van der Waals surface area contributed by atoms with E-state index in [4.69, 9.17) is 9.84 Å². The predicted molar refractivity (Wildman–Crippen MR) is 75.1 cm³/mol. The van der Waals surface area contributed by atoms with Crippen LogP contribution in [0.4, 0.5) is 0 Å². The van der Waals surface area contributed by atoms with Gasteiger partial charge in [0.1, 0.15) is 11.8 Å². The molecule has 0 bridgehead atoms. The van der Waals surface area contributed by atoms with Crippen LogP contribution in [0, 0.1) is 0 Å².